The largest absolute Gasteiger partial charge is 0.256 e. The van der Waals surface area contributed by atoms with Crippen LogP contribution in [0.1, 0.15) is 55.6 Å². The number of aromatic nitrogens is 3. The maximum Gasteiger partial charge on any atom is 0.0704 e. The number of nitrogens with zero attached hydrogens (tertiary/aromatic N) is 3. The van der Waals surface area contributed by atoms with Crippen LogP contribution < -0.4 is 0 Å². The molecule has 0 spiro atoms. The molecule has 0 aliphatic rings. The van der Waals surface area contributed by atoms with Crippen molar-refractivity contribution >= 4 is 23.2 Å². The lowest BCUT2D eigenvalue weighted by Gasteiger charge is -2.08. The molecule has 3 aromatic heterocycles. The Kier molecular flexibility index (Phi) is 16.4. The molecule has 8 rings (SSSR count). The lowest BCUT2D eigenvalue weighted by molar-refractivity contribution is 0.936. The zero-order chi connectivity index (χ0) is 42.1. The Labute approximate surface area is 367 Å². The predicted octanol–water partition coefficient (Wildman–Crippen LogP) is 14.5. The van der Waals surface area contributed by atoms with E-state index in [1.807, 2.05) is 48.9 Å². The van der Waals surface area contributed by atoms with Crippen molar-refractivity contribution < 1.29 is 0 Å². The van der Waals surface area contributed by atoms with E-state index in [-0.39, 0.29) is 0 Å². The predicted molar refractivity (Wildman–Crippen MR) is 255 cm³/mol. The summed E-state index contributed by atoms with van der Waals surface area (Å²) in [4.78, 5) is 13.5. The smallest absolute Gasteiger partial charge is 0.0704 e. The molecule has 5 heteroatoms. The van der Waals surface area contributed by atoms with E-state index >= 15 is 0 Å². The molecular formula is C55H53Cl2N3. The van der Waals surface area contributed by atoms with Gasteiger partial charge in [-0.15, -0.1) is 23.2 Å². The van der Waals surface area contributed by atoms with Crippen molar-refractivity contribution in [2.24, 2.45) is 0 Å². The van der Waals surface area contributed by atoms with Crippen LogP contribution in [-0.4, -0.2) is 15.0 Å². The first-order chi connectivity index (χ1) is 29.2. The summed E-state index contributed by atoms with van der Waals surface area (Å²) in [7, 11) is 0. The fourth-order valence-corrected chi connectivity index (χ4v) is 7.21. The van der Waals surface area contributed by atoms with E-state index in [1.54, 1.807) is 0 Å². The molecule has 5 aromatic carbocycles. The van der Waals surface area contributed by atoms with Crippen LogP contribution in [-0.2, 0) is 37.4 Å². The molecule has 3 nitrogen and oxygen atoms in total. The maximum absolute atomic E-state index is 5.59. The molecule has 0 atom stereocenters. The molecule has 302 valence electrons. The van der Waals surface area contributed by atoms with Crippen LogP contribution in [0, 0.1) is 27.7 Å². The third kappa shape index (κ3) is 13.6. The normalized spacial score (nSPS) is 10.6. The molecule has 0 bridgehead atoms. The number of benzene rings is 5. The van der Waals surface area contributed by atoms with Crippen LogP contribution in [0.15, 0.2) is 176 Å². The lowest BCUT2D eigenvalue weighted by atomic mass is 9.99. The van der Waals surface area contributed by atoms with Crippen molar-refractivity contribution in [3.8, 4) is 33.8 Å². The molecule has 0 aliphatic carbocycles. The summed E-state index contributed by atoms with van der Waals surface area (Å²) >= 11 is 11.2. The van der Waals surface area contributed by atoms with Gasteiger partial charge in [-0.25, -0.2) is 0 Å². The van der Waals surface area contributed by atoms with Gasteiger partial charge < -0.3 is 0 Å². The number of rotatable bonds is 11. The number of aryl methyl sites for hydroxylation is 8. The summed E-state index contributed by atoms with van der Waals surface area (Å²) < 4.78 is 0. The van der Waals surface area contributed by atoms with E-state index in [2.05, 4.69) is 170 Å². The number of hydrogen-bond donors (Lipinski definition) is 0. The molecule has 0 saturated heterocycles. The average molecular weight is 827 g/mol. The van der Waals surface area contributed by atoms with Crippen molar-refractivity contribution in [2.45, 2.75) is 65.1 Å². The van der Waals surface area contributed by atoms with Gasteiger partial charge in [0.1, 0.15) is 0 Å². The highest BCUT2D eigenvalue weighted by atomic mass is 35.5. The first-order valence-corrected chi connectivity index (χ1v) is 21.6. The van der Waals surface area contributed by atoms with Crippen LogP contribution >= 0.6 is 23.2 Å². The first kappa shape index (κ1) is 43.7. The minimum atomic E-state index is 0.572. The summed E-state index contributed by atoms with van der Waals surface area (Å²) in [6, 6.07) is 55.4. The summed E-state index contributed by atoms with van der Waals surface area (Å²) in [5.74, 6) is 1.14. The highest BCUT2D eigenvalue weighted by Crippen LogP contribution is 2.22. The number of hydrogen-bond acceptors (Lipinski definition) is 3. The Morgan fingerprint density at radius 1 is 0.317 bits per heavy atom. The van der Waals surface area contributed by atoms with Crippen molar-refractivity contribution in [3.63, 3.8) is 0 Å². The van der Waals surface area contributed by atoms with E-state index in [0.717, 1.165) is 53.9 Å². The monoisotopic (exact) mass is 825 g/mol. The molecule has 0 saturated carbocycles. The molecule has 0 aliphatic heterocycles. The van der Waals surface area contributed by atoms with Gasteiger partial charge >= 0.3 is 0 Å². The van der Waals surface area contributed by atoms with Crippen molar-refractivity contribution in [3.05, 3.63) is 232 Å². The summed E-state index contributed by atoms with van der Waals surface area (Å²) in [5.41, 5.74) is 19.4. The Balaban J connectivity index is 0.000000204. The fraction of sp³-hybridized carbons (Fsp3) is 0.182. The summed E-state index contributed by atoms with van der Waals surface area (Å²) in [5, 5.41) is 0. The maximum atomic E-state index is 5.59. The molecule has 0 N–H and O–H groups in total. The first-order valence-electron chi connectivity index (χ1n) is 20.6. The van der Waals surface area contributed by atoms with E-state index in [1.165, 1.54) is 61.2 Å². The van der Waals surface area contributed by atoms with Gasteiger partial charge in [-0.05, 0) is 147 Å². The van der Waals surface area contributed by atoms with Gasteiger partial charge in [0.25, 0.3) is 0 Å². The zero-order valence-electron chi connectivity index (χ0n) is 35.1. The highest BCUT2D eigenvalue weighted by molar-refractivity contribution is 6.17. The highest BCUT2D eigenvalue weighted by Gasteiger charge is 2.05. The number of pyridine rings is 3. The fourth-order valence-electron chi connectivity index (χ4n) is 6.85. The molecule has 60 heavy (non-hydrogen) atoms. The molecule has 0 amide bonds. The average Bonchev–Trinajstić information content (AvgIpc) is 3.29. The van der Waals surface area contributed by atoms with E-state index in [0.29, 0.717) is 11.8 Å². The zero-order valence-corrected chi connectivity index (χ0v) is 36.6. The van der Waals surface area contributed by atoms with Gasteiger partial charge in [0.05, 0.1) is 17.1 Å². The molecule has 0 fully saturated rings. The minimum absolute atomic E-state index is 0.572. The second-order valence-electron chi connectivity index (χ2n) is 15.3. The molecule has 0 unspecified atom stereocenters. The molecule has 8 aromatic rings. The molecule has 3 heterocycles. The minimum Gasteiger partial charge on any atom is -0.256 e. The Morgan fingerprint density at radius 2 is 0.633 bits per heavy atom. The molecular weight excluding hydrogens is 774 g/mol. The number of alkyl halides is 2. The Morgan fingerprint density at radius 3 is 0.983 bits per heavy atom. The third-order valence-corrected chi connectivity index (χ3v) is 10.9. The van der Waals surface area contributed by atoms with E-state index in [9.17, 15) is 0 Å². The third-order valence-electron chi connectivity index (χ3n) is 10.3. The van der Waals surface area contributed by atoms with Crippen LogP contribution in [0.4, 0.5) is 0 Å². The second kappa shape index (κ2) is 22.5. The summed E-state index contributed by atoms with van der Waals surface area (Å²) in [6.45, 7) is 8.42. The second-order valence-corrected chi connectivity index (χ2v) is 15.9. The number of halogens is 2. The van der Waals surface area contributed by atoms with Gasteiger partial charge in [-0.2, -0.15) is 0 Å². The van der Waals surface area contributed by atoms with E-state index < -0.39 is 0 Å². The quantitative estimate of drug-likeness (QED) is 0.122. The Hall–Kier alpha value is -5.87. The van der Waals surface area contributed by atoms with Crippen molar-refractivity contribution in [1.82, 2.24) is 15.0 Å². The van der Waals surface area contributed by atoms with E-state index in [4.69, 9.17) is 23.2 Å². The van der Waals surface area contributed by atoms with Gasteiger partial charge in [0.15, 0.2) is 0 Å². The van der Waals surface area contributed by atoms with Gasteiger partial charge in [0, 0.05) is 47.0 Å². The lowest BCUT2D eigenvalue weighted by Crippen LogP contribution is -1.96. The summed E-state index contributed by atoms with van der Waals surface area (Å²) in [6.07, 6.45) is 9.80. The Bertz CT molecular complexity index is 2380. The van der Waals surface area contributed by atoms with Gasteiger partial charge in [-0.1, -0.05) is 120 Å². The van der Waals surface area contributed by atoms with Crippen LogP contribution in [0.2, 0.25) is 0 Å². The van der Waals surface area contributed by atoms with Gasteiger partial charge in [0.2, 0.25) is 0 Å². The van der Waals surface area contributed by atoms with Crippen molar-refractivity contribution in [2.75, 3.05) is 0 Å². The topological polar surface area (TPSA) is 38.7 Å². The van der Waals surface area contributed by atoms with Gasteiger partial charge in [-0.3, -0.25) is 15.0 Å². The van der Waals surface area contributed by atoms with Crippen molar-refractivity contribution in [1.29, 1.82) is 0 Å². The van der Waals surface area contributed by atoms with Crippen LogP contribution in [0.3, 0.4) is 0 Å². The SMILES string of the molecule is Cc1cccc(-c2cc(C)ccn2)c1.Cc1cccc(-c2cc(CCc3ccc(CCc4ccnc(-c5cccc(C)c5)c4)cc3)ccn2)c1.ClCc1ccc(CCl)cc1. The van der Waals surface area contributed by atoms with Crippen LogP contribution in [0.5, 0.6) is 0 Å². The van der Waals surface area contributed by atoms with Crippen LogP contribution in [0.25, 0.3) is 33.8 Å². The molecule has 0 radical (unpaired) electrons. The standard InChI is InChI=1S/C34H32N2.C13H13N.C8H8Cl2/c1-25-5-3-7-31(21-25)33-23-29(17-19-35-33)15-13-27-9-11-28(12-10-27)14-16-30-18-20-36-34(24-30)32-8-4-6-26(2)22-32;1-10-4-3-5-12(8-10)13-9-11(2)6-7-14-13;9-5-7-1-2-8(6-10)4-3-7/h3-12,17-24H,13-16H2,1-2H3;3-9H,1-2H3;1-4H,5-6H2.